The maximum absolute atomic E-state index is 13.4. The molecule has 0 aromatic rings. The quantitative estimate of drug-likeness (QED) is 0.0199. The predicted octanol–water partition coefficient (Wildman–Crippen LogP) is 10.3. The molecule has 3 fully saturated rings. The van der Waals surface area contributed by atoms with Crippen LogP contribution in [-0.4, -0.2) is 193 Å². The molecule has 17 unspecified atom stereocenters. The van der Waals surface area contributed by atoms with Crippen molar-refractivity contribution in [1.82, 2.24) is 5.32 Å². The average molecular weight is 1310 g/mol. The second-order valence-electron chi connectivity index (χ2n) is 26.0. The lowest BCUT2D eigenvalue weighted by atomic mass is 9.96. The van der Waals surface area contributed by atoms with Crippen molar-refractivity contribution in [3.8, 4) is 0 Å². The van der Waals surface area contributed by atoms with Gasteiger partial charge < -0.3 is 89.9 Å². The number of nitrogens with one attached hydrogen (secondary N) is 1. The molecular weight excluding hydrogens is 1180 g/mol. The lowest BCUT2D eigenvalue weighted by Crippen LogP contribution is -2.66. The first kappa shape index (κ1) is 83.7. The van der Waals surface area contributed by atoms with Crippen molar-refractivity contribution in [1.29, 1.82) is 0 Å². The number of amides is 1. The number of allylic oxidation sites excluding steroid dienone is 9. The molecule has 3 aliphatic heterocycles. The van der Waals surface area contributed by atoms with Gasteiger partial charge in [-0.1, -0.05) is 242 Å². The van der Waals surface area contributed by atoms with Crippen molar-refractivity contribution in [2.75, 3.05) is 26.4 Å². The number of hydrogen-bond acceptors (Lipinski definition) is 18. The Bertz CT molecular complexity index is 1900. The molecule has 3 rings (SSSR count). The number of aliphatic hydroxyl groups excluding tert-OH is 11. The summed E-state index contributed by atoms with van der Waals surface area (Å²) in [6.45, 7) is 1.69. The van der Waals surface area contributed by atoms with Gasteiger partial charge in [-0.05, 0) is 77.0 Å². The Balaban J connectivity index is 1.42. The number of rotatable bonds is 56. The van der Waals surface area contributed by atoms with Gasteiger partial charge in [0.05, 0.1) is 38.6 Å². The summed E-state index contributed by atoms with van der Waals surface area (Å²) in [5.41, 5.74) is 0. The Morgan fingerprint density at radius 1 is 0.391 bits per heavy atom. The second-order valence-corrected chi connectivity index (χ2v) is 26.0. The molecule has 19 heteroatoms. The van der Waals surface area contributed by atoms with Crippen LogP contribution in [0.2, 0.25) is 0 Å². The third-order valence-corrected chi connectivity index (χ3v) is 18.0. The minimum absolute atomic E-state index is 0.221. The van der Waals surface area contributed by atoms with E-state index in [1.807, 2.05) is 6.08 Å². The minimum atomic E-state index is -1.99. The van der Waals surface area contributed by atoms with Crippen LogP contribution in [-0.2, 0) is 33.2 Å². The predicted molar refractivity (Wildman–Crippen MR) is 360 cm³/mol. The summed E-state index contributed by atoms with van der Waals surface area (Å²) in [6.07, 6.45) is 40.7. The summed E-state index contributed by atoms with van der Waals surface area (Å²) in [7, 11) is 0. The van der Waals surface area contributed by atoms with Gasteiger partial charge in [0, 0.05) is 6.42 Å². The van der Waals surface area contributed by atoms with Crippen LogP contribution in [0.5, 0.6) is 0 Å². The molecule has 3 aliphatic rings. The van der Waals surface area contributed by atoms with Crippen LogP contribution in [0.25, 0.3) is 0 Å². The van der Waals surface area contributed by atoms with Gasteiger partial charge in [0.15, 0.2) is 18.9 Å². The van der Waals surface area contributed by atoms with E-state index >= 15 is 0 Å². The summed E-state index contributed by atoms with van der Waals surface area (Å²) in [6, 6.07) is -1.00. The lowest BCUT2D eigenvalue weighted by molar-refractivity contribution is -0.379. The zero-order chi connectivity index (χ0) is 66.8. The molecule has 0 aromatic carbocycles. The van der Waals surface area contributed by atoms with Crippen molar-refractivity contribution in [2.24, 2.45) is 0 Å². The summed E-state index contributed by atoms with van der Waals surface area (Å²) < 4.78 is 34.3. The van der Waals surface area contributed by atoms with Gasteiger partial charge in [-0.2, -0.15) is 0 Å². The standard InChI is InChI=1S/C73H131NO18/c1-3-5-7-9-11-13-15-17-19-21-22-23-24-25-26-27-28-29-30-31-32-33-35-36-38-40-42-44-46-48-50-57(78)56(74-61(79)51-49-47-45-43-41-39-37-34-20-18-16-14-12-10-8-6-4-2)55-87-71-67(85)64(82)69(59(53-76)89-71)92-73-68(86)65(83)70(60(54-77)90-73)91-72-66(84)63(81)62(80)58(52-75)88-72/h12,14,18,20,33,35,40,42,48,50,56-60,62-73,75-78,80-86H,3-11,13,15-17,19,21-32,34,36-39,41,43-47,49,51-55H2,1-2H3,(H,74,79)/b14-12-,20-18-,35-33+,42-40+,50-48+. The first-order chi connectivity index (χ1) is 44.8. The van der Waals surface area contributed by atoms with Crippen LogP contribution >= 0.6 is 0 Å². The number of ether oxygens (including phenoxy) is 6. The van der Waals surface area contributed by atoms with Crippen molar-refractivity contribution in [3.63, 3.8) is 0 Å². The van der Waals surface area contributed by atoms with Gasteiger partial charge in [-0.3, -0.25) is 4.79 Å². The fourth-order valence-electron chi connectivity index (χ4n) is 12.1. The SMILES string of the molecule is CCCCC/C=C\C/C=C\CCCCCCCCCC(=O)NC(COC1OC(CO)C(OC2OC(CO)C(OC3OC(CO)C(O)C(O)C3O)C(O)C2O)C(O)C1O)C(O)/C=C/CC/C=C/CC/C=C/CCCCCCCCCCCCCCCCCCCCCC. The van der Waals surface area contributed by atoms with Gasteiger partial charge in [-0.15, -0.1) is 0 Å². The van der Waals surface area contributed by atoms with Crippen molar-refractivity contribution >= 4 is 5.91 Å². The van der Waals surface area contributed by atoms with Crippen LogP contribution in [0.4, 0.5) is 0 Å². The van der Waals surface area contributed by atoms with Crippen molar-refractivity contribution in [2.45, 2.75) is 369 Å². The molecule has 17 atom stereocenters. The molecule has 0 aromatic heterocycles. The highest BCUT2D eigenvalue weighted by Gasteiger charge is 2.53. The molecule has 0 spiro atoms. The fourth-order valence-corrected chi connectivity index (χ4v) is 12.1. The molecule has 536 valence electrons. The average Bonchev–Trinajstić information content (AvgIpc) is 0.838. The summed E-state index contributed by atoms with van der Waals surface area (Å²) in [5, 5.41) is 121. The number of aliphatic hydroxyl groups is 11. The Morgan fingerprint density at radius 2 is 0.728 bits per heavy atom. The van der Waals surface area contributed by atoms with E-state index in [-0.39, 0.29) is 18.9 Å². The maximum Gasteiger partial charge on any atom is 0.220 e. The molecule has 0 aliphatic carbocycles. The van der Waals surface area contributed by atoms with E-state index in [9.17, 15) is 61.0 Å². The second kappa shape index (κ2) is 54.5. The van der Waals surface area contributed by atoms with Crippen LogP contribution in [0.15, 0.2) is 60.8 Å². The van der Waals surface area contributed by atoms with E-state index in [0.717, 1.165) is 83.5 Å². The monoisotopic (exact) mass is 1310 g/mol. The van der Waals surface area contributed by atoms with Crippen molar-refractivity contribution in [3.05, 3.63) is 60.8 Å². The number of unbranched alkanes of at least 4 members (excludes halogenated alkanes) is 32. The number of carbonyl (C=O) groups excluding carboxylic acids is 1. The topological polar surface area (TPSA) is 307 Å². The molecule has 12 N–H and O–H groups in total. The van der Waals surface area contributed by atoms with E-state index in [1.54, 1.807) is 6.08 Å². The number of hydrogen-bond donors (Lipinski definition) is 12. The van der Waals surface area contributed by atoms with Gasteiger partial charge >= 0.3 is 0 Å². The van der Waals surface area contributed by atoms with Gasteiger partial charge in [0.1, 0.15) is 73.2 Å². The number of carbonyl (C=O) groups is 1. The summed E-state index contributed by atoms with van der Waals surface area (Å²) in [4.78, 5) is 13.4. The molecule has 3 saturated heterocycles. The van der Waals surface area contributed by atoms with E-state index in [2.05, 4.69) is 67.8 Å². The van der Waals surface area contributed by atoms with Crippen LogP contribution in [0, 0.1) is 0 Å². The molecule has 92 heavy (non-hydrogen) atoms. The van der Waals surface area contributed by atoms with E-state index < -0.39 is 124 Å². The minimum Gasteiger partial charge on any atom is -0.394 e. The molecular formula is C73H131NO18. The molecule has 0 saturated carbocycles. The van der Waals surface area contributed by atoms with E-state index in [1.165, 1.54) is 148 Å². The Hall–Kier alpha value is -2.51. The Kier molecular flexibility index (Phi) is 49.6. The van der Waals surface area contributed by atoms with E-state index in [0.29, 0.717) is 12.8 Å². The molecule has 19 nitrogen and oxygen atoms in total. The molecule has 3 heterocycles. The van der Waals surface area contributed by atoms with Crippen LogP contribution in [0.3, 0.4) is 0 Å². The highest BCUT2D eigenvalue weighted by Crippen LogP contribution is 2.33. The van der Waals surface area contributed by atoms with Gasteiger partial charge in [-0.25, -0.2) is 0 Å². The van der Waals surface area contributed by atoms with Gasteiger partial charge in [0.2, 0.25) is 5.91 Å². The van der Waals surface area contributed by atoms with E-state index in [4.69, 9.17) is 28.4 Å². The molecule has 0 bridgehead atoms. The third-order valence-electron chi connectivity index (χ3n) is 18.0. The first-order valence-corrected chi connectivity index (χ1v) is 36.5. The molecule has 1 amide bonds. The zero-order valence-corrected chi connectivity index (χ0v) is 56.8. The largest absolute Gasteiger partial charge is 0.394 e. The Labute approximate surface area is 554 Å². The van der Waals surface area contributed by atoms with Crippen LogP contribution in [0.1, 0.15) is 264 Å². The third kappa shape index (κ3) is 35.7. The molecule has 0 radical (unpaired) electrons. The highest BCUT2D eigenvalue weighted by atomic mass is 16.8. The van der Waals surface area contributed by atoms with Crippen LogP contribution < -0.4 is 5.32 Å². The smallest absolute Gasteiger partial charge is 0.220 e. The maximum atomic E-state index is 13.4. The highest BCUT2D eigenvalue weighted by molar-refractivity contribution is 5.76. The summed E-state index contributed by atoms with van der Waals surface area (Å²) >= 11 is 0. The normalized spacial score (nSPS) is 28.0. The lowest BCUT2D eigenvalue weighted by Gasteiger charge is -2.48. The first-order valence-electron chi connectivity index (χ1n) is 36.5. The zero-order valence-electron chi connectivity index (χ0n) is 56.8. The Morgan fingerprint density at radius 3 is 1.17 bits per heavy atom. The fraction of sp³-hybridized carbons (Fsp3) is 0.849. The van der Waals surface area contributed by atoms with Crippen molar-refractivity contribution < 1.29 is 89.4 Å². The summed E-state index contributed by atoms with van der Waals surface area (Å²) in [5.74, 6) is -0.298. The van der Waals surface area contributed by atoms with Gasteiger partial charge in [0.25, 0.3) is 0 Å².